The highest BCUT2D eigenvalue weighted by Crippen LogP contribution is 2.42. The predicted molar refractivity (Wildman–Crippen MR) is 80.2 cm³/mol. The Morgan fingerprint density at radius 2 is 1.79 bits per heavy atom. The second-order valence-electron chi connectivity index (χ2n) is 6.58. The van der Waals surface area contributed by atoms with E-state index in [9.17, 15) is 5.11 Å². The summed E-state index contributed by atoms with van der Waals surface area (Å²) >= 11 is 0. The van der Waals surface area contributed by atoms with Gasteiger partial charge in [-0.05, 0) is 48.3 Å². The van der Waals surface area contributed by atoms with Gasteiger partial charge in [0.15, 0.2) is 0 Å². The average molecular weight is 261 g/mol. The van der Waals surface area contributed by atoms with E-state index in [1.165, 1.54) is 37.7 Å². The zero-order chi connectivity index (χ0) is 13.7. The summed E-state index contributed by atoms with van der Waals surface area (Å²) in [5.41, 5.74) is 1.78. The van der Waals surface area contributed by atoms with Crippen LogP contribution in [0.4, 0.5) is 0 Å². The zero-order valence-corrected chi connectivity index (χ0v) is 12.3. The fourth-order valence-electron chi connectivity index (χ4n) is 3.53. The molecule has 2 N–H and O–H groups in total. The molecule has 0 atom stereocenters. The van der Waals surface area contributed by atoms with Gasteiger partial charge in [-0.3, -0.25) is 0 Å². The molecule has 1 aromatic carbocycles. The van der Waals surface area contributed by atoms with Crippen molar-refractivity contribution in [3.05, 3.63) is 29.8 Å². The van der Waals surface area contributed by atoms with Gasteiger partial charge in [-0.1, -0.05) is 38.8 Å². The normalized spacial score (nSPS) is 18.1. The molecule has 0 spiro atoms. The Kier molecular flexibility index (Phi) is 4.87. The maximum Gasteiger partial charge on any atom is 0.115 e. The Balaban J connectivity index is 1.84. The first-order chi connectivity index (χ1) is 9.10. The number of phenolic OH excluding ortho intramolecular Hbond substituents is 1. The summed E-state index contributed by atoms with van der Waals surface area (Å²) in [4.78, 5) is 0. The van der Waals surface area contributed by atoms with Crippen molar-refractivity contribution in [2.75, 3.05) is 6.54 Å². The summed E-state index contributed by atoms with van der Waals surface area (Å²) in [6, 6.07) is 7.51. The molecule has 1 aromatic rings. The van der Waals surface area contributed by atoms with E-state index in [0.29, 0.717) is 11.2 Å². The topological polar surface area (TPSA) is 32.3 Å². The standard InChI is InChI=1S/C17H27NO/c1-14(2)11-17(9-3-4-10-17)13-18-12-15-5-7-16(19)8-6-15/h5-8,14,18-19H,3-4,9-13H2,1-2H3. The number of hydrogen-bond acceptors (Lipinski definition) is 2. The fourth-order valence-corrected chi connectivity index (χ4v) is 3.53. The lowest BCUT2D eigenvalue weighted by Crippen LogP contribution is -2.33. The largest absolute Gasteiger partial charge is 0.508 e. The van der Waals surface area contributed by atoms with E-state index in [2.05, 4.69) is 19.2 Å². The molecule has 0 heterocycles. The number of rotatable bonds is 6. The molecule has 0 aromatic heterocycles. The van der Waals surface area contributed by atoms with Crippen molar-refractivity contribution in [2.24, 2.45) is 11.3 Å². The van der Waals surface area contributed by atoms with Gasteiger partial charge in [0.25, 0.3) is 0 Å². The quantitative estimate of drug-likeness (QED) is 0.808. The summed E-state index contributed by atoms with van der Waals surface area (Å²) in [6.45, 7) is 6.70. The number of phenols is 1. The molecule has 1 saturated carbocycles. The maximum absolute atomic E-state index is 9.27. The van der Waals surface area contributed by atoms with Gasteiger partial charge in [0, 0.05) is 13.1 Å². The van der Waals surface area contributed by atoms with Crippen LogP contribution < -0.4 is 5.32 Å². The van der Waals surface area contributed by atoms with Gasteiger partial charge in [-0.25, -0.2) is 0 Å². The molecule has 1 fully saturated rings. The van der Waals surface area contributed by atoms with Crippen molar-refractivity contribution >= 4 is 0 Å². The number of benzene rings is 1. The lowest BCUT2D eigenvalue weighted by Gasteiger charge is -2.31. The van der Waals surface area contributed by atoms with Crippen LogP contribution >= 0.6 is 0 Å². The van der Waals surface area contributed by atoms with Gasteiger partial charge in [0.1, 0.15) is 5.75 Å². The van der Waals surface area contributed by atoms with Crippen molar-refractivity contribution in [1.29, 1.82) is 0 Å². The SMILES string of the molecule is CC(C)CC1(CNCc2ccc(O)cc2)CCCC1. The zero-order valence-electron chi connectivity index (χ0n) is 12.3. The highest BCUT2D eigenvalue weighted by Gasteiger charge is 2.33. The highest BCUT2D eigenvalue weighted by atomic mass is 16.3. The molecular formula is C17H27NO. The van der Waals surface area contributed by atoms with Gasteiger partial charge >= 0.3 is 0 Å². The average Bonchev–Trinajstić information content (AvgIpc) is 2.79. The van der Waals surface area contributed by atoms with Crippen LogP contribution in [0.1, 0.15) is 51.5 Å². The highest BCUT2D eigenvalue weighted by molar-refractivity contribution is 5.25. The predicted octanol–water partition coefficient (Wildman–Crippen LogP) is 4.09. The molecule has 0 bridgehead atoms. The lowest BCUT2D eigenvalue weighted by molar-refractivity contribution is 0.223. The molecule has 19 heavy (non-hydrogen) atoms. The smallest absolute Gasteiger partial charge is 0.115 e. The third kappa shape index (κ3) is 4.24. The third-order valence-electron chi connectivity index (χ3n) is 4.27. The minimum absolute atomic E-state index is 0.343. The molecule has 0 unspecified atom stereocenters. The summed E-state index contributed by atoms with van der Waals surface area (Å²) < 4.78 is 0. The lowest BCUT2D eigenvalue weighted by atomic mass is 9.78. The van der Waals surface area contributed by atoms with E-state index >= 15 is 0 Å². The molecule has 2 heteroatoms. The Morgan fingerprint density at radius 3 is 2.37 bits per heavy atom. The molecule has 0 radical (unpaired) electrons. The van der Waals surface area contributed by atoms with Crippen molar-refractivity contribution in [2.45, 2.75) is 52.5 Å². The van der Waals surface area contributed by atoms with Gasteiger partial charge in [-0.2, -0.15) is 0 Å². The van der Waals surface area contributed by atoms with Crippen LogP contribution in [0.5, 0.6) is 5.75 Å². The molecule has 1 aliphatic carbocycles. The molecular weight excluding hydrogens is 234 g/mol. The Morgan fingerprint density at radius 1 is 1.16 bits per heavy atom. The summed E-state index contributed by atoms with van der Waals surface area (Å²) in [5.74, 6) is 1.13. The fraction of sp³-hybridized carbons (Fsp3) is 0.647. The Labute approximate surface area is 117 Å². The Bertz CT molecular complexity index is 377. The van der Waals surface area contributed by atoms with Gasteiger partial charge in [0.2, 0.25) is 0 Å². The van der Waals surface area contributed by atoms with Crippen LogP contribution in [0.25, 0.3) is 0 Å². The first-order valence-electron chi connectivity index (χ1n) is 7.58. The second-order valence-corrected chi connectivity index (χ2v) is 6.58. The van der Waals surface area contributed by atoms with E-state index in [1.807, 2.05) is 12.1 Å². The van der Waals surface area contributed by atoms with Crippen molar-refractivity contribution in [3.8, 4) is 5.75 Å². The number of aromatic hydroxyl groups is 1. The minimum Gasteiger partial charge on any atom is -0.508 e. The third-order valence-corrected chi connectivity index (χ3v) is 4.27. The Hall–Kier alpha value is -1.02. The summed E-state index contributed by atoms with van der Waals surface area (Å²) in [6.07, 6.45) is 6.90. The van der Waals surface area contributed by atoms with E-state index in [0.717, 1.165) is 19.0 Å². The molecule has 0 amide bonds. The molecule has 1 aliphatic rings. The minimum atomic E-state index is 0.343. The molecule has 0 saturated heterocycles. The van der Waals surface area contributed by atoms with Crippen LogP contribution in [-0.2, 0) is 6.54 Å². The molecule has 0 aliphatic heterocycles. The summed E-state index contributed by atoms with van der Waals surface area (Å²) in [5, 5.41) is 12.9. The van der Waals surface area contributed by atoms with Crippen LogP contribution in [0.3, 0.4) is 0 Å². The van der Waals surface area contributed by atoms with Crippen molar-refractivity contribution in [3.63, 3.8) is 0 Å². The first kappa shape index (κ1) is 14.4. The van der Waals surface area contributed by atoms with Gasteiger partial charge in [0.05, 0.1) is 0 Å². The molecule has 106 valence electrons. The van der Waals surface area contributed by atoms with Crippen LogP contribution in [0.15, 0.2) is 24.3 Å². The van der Waals surface area contributed by atoms with E-state index in [4.69, 9.17) is 0 Å². The first-order valence-corrected chi connectivity index (χ1v) is 7.58. The van der Waals surface area contributed by atoms with E-state index < -0.39 is 0 Å². The van der Waals surface area contributed by atoms with E-state index in [-0.39, 0.29) is 0 Å². The second kappa shape index (κ2) is 6.42. The van der Waals surface area contributed by atoms with Gasteiger partial charge < -0.3 is 10.4 Å². The number of hydrogen-bond donors (Lipinski definition) is 2. The maximum atomic E-state index is 9.27. The van der Waals surface area contributed by atoms with E-state index in [1.54, 1.807) is 12.1 Å². The number of nitrogens with one attached hydrogen (secondary N) is 1. The van der Waals surface area contributed by atoms with Crippen LogP contribution in [0, 0.1) is 11.3 Å². The monoisotopic (exact) mass is 261 g/mol. The van der Waals surface area contributed by atoms with Crippen molar-refractivity contribution in [1.82, 2.24) is 5.32 Å². The van der Waals surface area contributed by atoms with Crippen LogP contribution in [0.2, 0.25) is 0 Å². The summed E-state index contributed by atoms with van der Waals surface area (Å²) in [7, 11) is 0. The molecule has 2 nitrogen and oxygen atoms in total. The van der Waals surface area contributed by atoms with Crippen molar-refractivity contribution < 1.29 is 5.11 Å². The van der Waals surface area contributed by atoms with Crippen LogP contribution in [-0.4, -0.2) is 11.7 Å². The molecule has 2 rings (SSSR count). The van der Waals surface area contributed by atoms with Gasteiger partial charge in [-0.15, -0.1) is 0 Å².